The largest absolute Gasteiger partial charge is 0.367 e. The molecule has 3 rings (SSSR count). The van der Waals surface area contributed by atoms with E-state index < -0.39 is 0 Å². The molecule has 0 aliphatic carbocycles. The molecule has 0 amide bonds. The number of para-hydroxylation sites is 1. The normalized spacial score (nSPS) is 18.5. The van der Waals surface area contributed by atoms with E-state index in [9.17, 15) is 0 Å². The van der Waals surface area contributed by atoms with Crippen LogP contribution in [0.3, 0.4) is 0 Å². The second-order valence-corrected chi connectivity index (χ2v) is 5.71. The molecule has 2 aromatic carbocycles. The number of hydrogen-bond donors (Lipinski definition) is 1. The van der Waals surface area contributed by atoms with E-state index in [0.717, 1.165) is 25.9 Å². The maximum atomic E-state index is 6.30. The lowest BCUT2D eigenvalue weighted by Crippen LogP contribution is -2.23. The van der Waals surface area contributed by atoms with Crippen LogP contribution in [0, 0.1) is 6.92 Å². The van der Waals surface area contributed by atoms with E-state index in [1.807, 2.05) is 0 Å². The van der Waals surface area contributed by atoms with Crippen LogP contribution in [0.4, 0.5) is 5.69 Å². The number of benzene rings is 2. The van der Waals surface area contributed by atoms with Crippen LogP contribution in [0.1, 0.15) is 35.6 Å². The van der Waals surface area contributed by atoms with Gasteiger partial charge in [0.05, 0.1) is 0 Å². The fourth-order valence-corrected chi connectivity index (χ4v) is 2.95. The minimum Gasteiger partial charge on any atom is -0.367 e. The Balaban J connectivity index is 1.89. The van der Waals surface area contributed by atoms with E-state index in [1.165, 1.54) is 22.4 Å². The van der Waals surface area contributed by atoms with E-state index in [-0.39, 0.29) is 6.04 Å². The summed E-state index contributed by atoms with van der Waals surface area (Å²) in [5.41, 5.74) is 11.6. The first kappa shape index (κ1) is 13.2. The Bertz CT molecular complexity index is 574. The van der Waals surface area contributed by atoms with Crippen LogP contribution in [-0.2, 0) is 6.54 Å². The van der Waals surface area contributed by atoms with Crippen molar-refractivity contribution in [1.82, 2.24) is 0 Å². The molecule has 1 unspecified atom stereocenters. The number of anilines is 1. The summed E-state index contributed by atoms with van der Waals surface area (Å²) >= 11 is 0. The predicted octanol–water partition coefficient (Wildman–Crippen LogP) is 3.80. The molecule has 0 radical (unpaired) electrons. The van der Waals surface area contributed by atoms with Gasteiger partial charge in [-0.2, -0.15) is 0 Å². The predicted molar refractivity (Wildman–Crippen MR) is 84.8 cm³/mol. The molecule has 104 valence electrons. The van der Waals surface area contributed by atoms with Crippen LogP contribution in [0.5, 0.6) is 0 Å². The molecular formula is C18H22N2. The fourth-order valence-electron chi connectivity index (χ4n) is 2.95. The van der Waals surface area contributed by atoms with Gasteiger partial charge in [-0.25, -0.2) is 0 Å². The molecule has 0 spiro atoms. The molecule has 2 aromatic rings. The van der Waals surface area contributed by atoms with E-state index in [2.05, 4.69) is 60.4 Å². The number of hydrogen-bond acceptors (Lipinski definition) is 2. The SMILES string of the molecule is Cc1ccc(CN2CCCC(N)c3ccccc32)cc1. The molecule has 2 nitrogen and oxygen atoms in total. The lowest BCUT2D eigenvalue weighted by Gasteiger charge is -2.25. The van der Waals surface area contributed by atoms with Crippen molar-refractivity contribution in [3.05, 3.63) is 65.2 Å². The minimum atomic E-state index is 0.175. The summed E-state index contributed by atoms with van der Waals surface area (Å²) in [5, 5.41) is 0. The molecule has 1 aliphatic heterocycles. The molecule has 1 aliphatic rings. The van der Waals surface area contributed by atoms with Gasteiger partial charge in [0.2, 0.25) is 0 Å². The van der Waals surface area contributed by atoms with Crippen molar-refractivity contribution in [3.63, 3.8) is 0 Å². The summed E-state index contributed by atoms with van der Waals surface area (Å²) in [4.78, 5) is 2.47. The van der Waals surface area contributed by atoms with Gasteiger partial charge in [-0.3, -0.25) is 0 Å². The fraction of sp³-hybridized carbons (Fsp3) is 0.333. The highest BCUT2D eigenvalue weighted by atomic mass is 15.1. The zero-order chi connectivity index (χ0) is 13.9. The summed E-state index contributed by atoms with van der Waals surface area (Å²) in [6.45, 7) is 4.17. The van der Waals surface area contributed by atoms with Crippen LogP contribution in [-0.4, -0.2) is 6.54 Å². The minimum absolute atomic E-state index is 0.175. The van der Waals surface area contributed by atoms with Crippen molar-refractivity contribution >= 4 is 5.69 Å². The van der Waals surface area contributed by atoms with E-state index in [1.54, 1.807) is 0 Å². The Kier molecular flexibility index (Phi) is 3.75. The highest BCUT2D eigenvalue weighted by Gasteiger charge is 2.19. The first-order chi connectivity index (χ1) is 9.74. The molecule has 0 bridgehead atoms. The summed E-state index contributed by atoms with van der Waals surface area (Å²) in [6, 6.07) is 17.6. The molecule has 0 fully saturated rings. The van der Waals surface area contributed by atoms with Crippen molar-refractivity contribution < 1.29 is 0 Å². The average Bonchev–Trinajstić information content (AvgIpc) is 2.62. The summed E-state index contributed by atoms with van der Waals surface area (Å²) in [5.74, 6) is 0. The molecule has 2 N–H and O–H groups in total. The van der Waals surface area contributed by atoms with Gasteiger partial charge >= 0.3 is 0 Å². The number of rotatable bonds is 2. The molecule has 0 aromatic heterocycles. The number of aryl methyl sites for hydroxylation is 1. The Labute approximate surface area is 121 Å². The Morgan fingerprint density at radius 2 is 1.85 bits per heavy atom. The van der Waals surface area contributed by atoms with Gasteiger partial charge in [-0.15, -0.1) is 0 Å². The van der Waals surface area contributed by atoms with Gasteiger partial charge < -0.3 is 10.6 Å². The lowest BCUT2D eigenvalue weighted by molar-refractivity contribution is 0.626. The van der Waals surface area contributed by atoms with Crippen LogP contribution < -0.4 is 10.6 Å². The average molecular weight is 266 g/mol. The maximum absolute atomic E-state index is 6.30. The highest BCUT2D eigenvalue weighted by Crippen LogP contribution is 2.32. The van der Waals surface area contributed by atoms with Crippen LogP contribution >= 0.6 is 0 Å². The molecule has 20 heavy (non-hydrogen) atoms. The van der Waals surface area contributed by atoms with Crippen molar-refractivity contribution in [2.75, 3.05) is 11.4 Å². The molecule has 0 saturated carbocycles. The van der Waals surface area contributed by atoms with Crippen LogP contribution in [0.25, 0.3) is 0 Å². The smallest absolute Gasteiger partial charge is 0.0429 e. The zero-order valence-electron chi connectivity index (χ0n) is 12.0. The number of nitrogens with two attached hydrogens (primary N) is 1. The van der Waals surface area contributed by atoms with Crippen LogP contribution in [0.2, 0.25) is 0 Å². The summed E-state index contributed by atoms with van der Waals surface area (Å²) < 4.78 is 0. The lowest BCUT2D eigenvalue weighted by atomic mass is 10.0. The van der Waals surface area contributed by atoms with E-state index >= 15 is 0 Å². The maximum Gasteiger partial charge on any atom is 0.0429 e. The molecule has 2 heteroatoms. The van der Waals surface area contributed by atoms with E-state index in [4.69, 9.17) is 5.73 Å². The van der Waals surface area contributed by atoms with Crippen molar-refractivity contribution in [1.29, 1.82) is 0 Å². The molecular weight excluding hydrogens is 244 g/mol. The second kappa shape index (κ2) is 5.68. The van der Waals surface area contributed by atoms with Gasteiger partial charge in [0.1, 0.15) is 0 Å². The monoisotopic (exact) mass is 266 g/mol. The third-order valence-corrected chi connectivity index (χ3v) is 4.11. The van der Waals surface area contributed by atoms with E-state index in [0.29, 0.717) is 0 Å². The third-order valence-electron chi connectivity index (χ3n) is 4.11. The quantitative estimate of drug-likeness (QED) is 0.896. The summed E-state index contributed by atoms with van der Waals surface area (Å²) in [7, 11) is 0. The number of fused-ring (bicyclic) bond motifs is 1. The first-order valence-corrected chi connectivity index (χ1v) is 7.39. The second-order valence-electron chi connectivity index (χ2n) is 5.71. The zero-order valence-corrected chi connectivity index (χ0v) is 12.0. The Morgan fingerprint density at radius 1 is 1.10 bits per heavy atom. The topological polar surface area (TPSA) is 29.3 Å². The Hall–Kier alpha value is -1.80. The van der Waals surface area contributed by atoms with Gasteiger partial charge in [0.15, 0.2) is 0 Å². The van der Waals surface area contributed by atoms with Gasteiger partial charge in [0, 0.05) is 24.8 Å². The van der Waals surface area contributed by atoms with Crippen molar-refractivity contribution in [2.45, 2.75) is 32.4 Å². The van der Waals surface area contributed by atoms with Crippen molar-refractivity contribution in [2.24, 2.45) is 5.73 Å². The van der Waals surface area contributed by atoms with Crippen LogP contribution in [0.15, 0.2) is 48.5 Å². The molecule has 1 heterocycles. The summed E-state index contributed by atoms with van der Waals surface area (Å²) in [6.07, 6.45) is 2.23. The van der Waals surface area contributed by atoms with Gasteiger partial charge in [-0.1, -0.05) is 48.0 Å². The third kappa shape index (κ3) is 2.70. The first-order valence-electron chi connectivity index (χ1n) is 7.39. The standard InChI is InChI=1S/C18H22N2/c1-14-8-10-15(11-9-14)13-20-12-4-6-17(19)16-5-2-3-7-18(16)20/h2-3,5,7-11,17H,4,6,12-13,19H2,1H3. The van der Waals surface area contributed by atoms with Gasteiger partial charge in [-0.05, 0) is 37.0 Å². The van der Waals surface area contributed by atoms with Gasteiger partial charge in [0.25, 0.3) is 0 Å². The molecule has 0 saturated heterocycles. The molecule has 1 atom stereocenters. The highest BCUT2D eigenvalue weighted by molar-refractivity contribution is 5.56. The number of nitrogens with zero attached hydrogens (tertiary/aromatic N) is 1. The Morgan fingerprint density at radius 3 is 2.65 bits per heavy atom. The van der Waals surface area contributed by atoms with Crippen molar-refractivity contribution in [3.8, 4) is 0 Å².